The van der Waals surface area contributed by atoms with Crippen LogP contribution in [0.15, 0.2) is 18.2 Å². The third kappa shape index (κ3) is 2.92. The number of carbonyl (C=O) groups excluding carboxylic acids is 1. The van der Waals surface area contributed by atoms with Crippen molar-refractivity contribution in [2.24, 2.45) is 0 Å². The maximum absolute atomic E-state index is 12.1. The zero-order valence-electron chi connectivity index (χ0n) is 9.20. The van der Waals surface area contributed by atoms with Crippen molar-refractivity contribution in [1.82, 2.24) is 4.90 Å². The minimum atomic E-state index is -0.284. The monoisotopic (exact) mass is 273 g/mol. The second kappa shape index (κ2) is 5.25. The number of nitrogens with zero attached hydrogens (tertiary/aromatic N) is 1. The predicted molar refractivity (Wildman–Crippen MR) is 67.6 cm³/mol. The Morgan fingerprint density at radius 1 is 1.24 bits per heavy atom. The molecule has 0 radical (unpaired) electrons. The van der Waals surface area contributed by atoms with Crippen LogP contribution in [0.5, 0.6) is 0 Å². The molecule has 1 heterocycles. The molecule has 0 unspecified atom stereocenters. The molecule has 0 spiro atoms. The Labute approximate surface area is 110 Å². The molecule has 1 aromatic rings. The van der Waals surface area contributed by atoms with E-state index in [0.29, 0.717) is 41.5 Å². The van der Waals surface area contributed by atoms with Crippen molar-refractivity contribution < 1.29 is 9.90 Å². The molecule has 92 valence electrons. The van der Waals surface area contributed by atoms with Gasteiger partial charge in [-0.05, 0) is 31.0 Å². The Bertz CT molecular complexity index is 429. The van der Waals surface area contributed by atoms with Crippen LogP contribution < -0.4 is 0 Å². The van der Waals surface area contributed by atoms with E-state index in [1.54, 1.807) is 23.1 Å². The molecular weight excluding hydrogens is 261 g/mol. The fraction of sp³-hybridized carbons (Fsp3) is 0.417. The van der Waals surface area contributed by atoms with Crippen LogP contribution in [0.3, 0.4) is 0 Å². The van der Waals surface area contributed by atoms with Gasteiger partial charge < -0.3 is 10.0 Å². The largest absolute Gasteiger partial charge is 0.393 e. The summed E-state index contributed by atoms with van der Waals surface area (Å²) in [5.41, 5.74) is 0.538. The second-order valence-corrected chi connectivity index (χ2v) is 4.97. The van der Waals surface area contributed by atoms with Crippen molar-refractivity contribution in [3.05, 3.63) is 33.8 Å². The number of carbonyl (C=O) groups is 1. The van der Waals surface area contributed by atoms with Crippen molar-refractivity contribution in [2.75, 3.05) is 13.1 Å². The van der Waals surface area contributed by atoms with Crippen LogP contribution in [0.25, 0.3) is 0 Å². The third-order valence-electron chi connectivity index (χ3n) is 2.92. The number of hydrogen-bond acceptors (Lipinski definition) is 2. The Morgan fingerprint density at radius 3 is 2.47 bits per heavy atom. The van der Waals surface area contributed by atoms with Gasteiger partial charge in [0.05, 0.1) is 16.1 Å². The molecule has 1 fully saturated rings. The smallest absolute Gasteiger partial charge is 0.253 e. The average molecular weight is 274 g/mol. The highest BCUT2D eigenvalue weighted by Crippen LogP contribution is 2.24. The van der Waals surface area contributed by atoms with Crippen LogP contribution in [-0.4, -0.2) is 35.1 Å². The first-order chi connectivity index (χ1) is 8.08. The molecule has 2 rings (SSSR count). The molecule has 0 bridgehead atoms. The number of piperidine rings is 1. The van der Waals surface area contributed by atoms with Crippen LogP contribution in [-0.2, 0) is 0 Å². The molecule has 1 N–H and O–H groups in total. The third-order valence-corrected chi connectivity index (χ3v) is 3.66. The van der Waals surface area contributed by atoms with Crippen molar-refractivity contribution >= 4 is 29.1 Å². The number of rotatable bonds is 1. The van der Waals surface area contributed by atoms with Crippen LogP contribution in [0.1, 0.15) is 23.2 Å². The second-order valence-electron chi connectivity index (χ2n) is 4.15. The zero-order valence-corrected chi connectivity index (χ0v) is 10.7. The highest BCUT2D eigenvalue weighted by molar-refractivity contribution is 6.42. The minimum Gasteiger partial charge on any atom is -0.393 e. The number of halogens is 2. The van der Waals surface area contributed by atoms with Crippen molar-refractivity contribution in [3.8, 4) is 0 Å². The quantitative estimate of drug-likeness (QED) is 0.855. The van der Waals surface area contributed by atoms with E-state index >= 15 is 0 Å². The summed E-state index contributed by atoms with van der Waals surface area (Å²) < 4.78 is 0. The van der Waals surface area contributed by atoms with Gasteiger partial charge in [0.2, 0.25) is 0 Å². The van der Waals surface area contributed by atoms with Gasteiger partial charge in [0.15, 0.2) is 0 Å². The van der Waals surface area contributed by atoms with Crippen LogP contribution in [0.4, 0.5) is 0 Å². The van der Waals surface area contributed by atoms with Crippen molar-refractivity contribution in [1.29, 1.82) is 0 Å². The Balaban J connectivity index is 2.11. The maximum atomic E-state index is 12.1. The van der Waals surface area contributed by atoms with Gasteiger partial charge in [0.25, 0.3) is 5.91 Å². The van der Waals surface area contributed by atoms with Crippen molar-refractivity contribution in [3.63, 3.8) is 0 Å². The lowest BCUT2D eigenvalue weighted by Crippen LogP contribution is -2.40. The fourth-order valence-corrected chi connectivity index (χ4v) is 2.18. The molecule has 1 aliphatic rings. The predicted octanol–water partition coefficient (Wildman–Crippen LogP) is 2.59. The first-order valence-corrected chi connectivity index (χ1v) is 6.26. The number of aliphatic hydroxyl groups is 1. The van der Waals surface area contributed by atoms with Crippen LogP contribution >= 0.6 is 23.2 Å². The molecule has 3 nitrogen and oxygen atoms in total. The standard InChI is InChI=1S/C12H13Cl2NO2/c13-10-2-1-8(7-11(10)14)12(17)15-5-3-9(16)4-6-15/h1-2,7,9,16H,3-6H2. The number of benzene rings is 1. The van der Waals surface area contributed by atoms with E-state index in [1.807, 2.05) is 0 Å². The average Bonchev–Trinajstić information content (AvgIpc) is 2.33. The van der Waals surface area contributed by atoms with E-state index in [-0.39, 0.29) is 12.0 Å². The molecule has 0 atom stereocenters. The topological polar surface area (TPSA) is 40.5 Å². The van der Waals surface area contributed by atoms with Gasteiger partial charge in [-0.25, -0.2) is 0 Å². The van der Waals surface area contributed by atoms with E-state index in [4.69, 9.17) is 23.2 Å². The minimum absolute atomic E-state index is 0.0598. The molecule has 17 heavy (non-hydrogen) atoms. The van der Waals surface area contributed by atoms with Gasteiger partial charge in [-0.15, -0.1) is 0 Å². The summed E-state index contributed by atoms with van der Waals surface area (Å²) in [4.78, 5) is 13.8. The van der Waals surface area contributed by atoms with Gasteiger partial charge in [0.1, 0.15) is 0 Å². The molecule has 1 saturated heterocycles. The number of hydrogen-bond donors (Lipinski definition) is 1. The lowest BCUT2D eigenvalue weighted by molar-refractivity contribution is 0.0546. The van der Waals surface area contributed by atoms with Crippen LogP contribution in [0.2, 0.25) is 10.0 Å². The SMILES string of the molecule is O=C(c1ccc(Cl)c(Cl)c1)N1CCC(O)CC1. The molecule has 0 aliphatic carbocycles. The summed E-state index contributed by atoms with van der Waals surface area (Å²) in [5, 5.41) is 10.2. The molecule has 1 aliphatic heterocycles. The number of amides is 1. The summed E-state index contributed by atoms with van der Waals surface area (Å²) in [6.45, 7) is 1.17. The highest BCUT2D eigenvalue weighted by Gasteiger charge is 2.22. The van der Waals surface area contributed by atoms with Gasteiger partial charge >= 0.3 is 0 Å². The zero-order chi connectivity index (χ0) is 12.4. The molecule has 1 amide bonds. The lowest BCUT2D eigenvalue weighted by Gasteiger charge is -2.29. The Hall–Kier alpha value is -0.770. The van der Waals surface area contributed by atoms with E-state index in [1.165, 1.54) is 0 Å². The van der Waals surface area contributed by atoms with Gasteiger partial charge in [-0.1, -0.05) is 23.2 Å². The van der Waals surface area contributed by atoms with Crippen molar-refractivity contribution in [2.45, 2.75) is 18.9 Å². The summed E-state index contributed by atoms with van der Waals surface area (Å²) in [5.74, 6) is -0.0598. The number of aliphatic hydroxyl groups excluding tert-OH is 1. The Morgan fingerprint density at radius 2 is 1.88 bits per heavy atom. The summed E-state index contributed by atoms with van der Waals surface area (Å²) in [7, 11) is 0. The molecule has 0 aromatic heterocycles. The maximum Gasteiger partial charge on any atom is 0.253 e. The molecular formula is C12H13Cl2NO2. The van der Waals surface area contributed by atoms with E-state index in [2.05, 4.69) is 0 Å². The normalized spacial score (nSPS) is 17.2. The highest BCUT2D eigenvalue weighted by atomic mass is 35.5. The molecule has 0 saturated carbocycles. The lowest BCUT2D eigenvalue weighted by atomic mass is 10.1. The fourth-order valence-electron chi connectivity index (χ4n) is 1.88. The summed E-state index contributed by atoms with van der Waals surface area (Å²) in [6, 6.07) is 4.87. The van der Waals surface area contributed by atoms with Crippen LogP contribution in [0, 0.1) is 0 Å². The summed E-state index contributed by atoms with van der Waals surface area (Å²) in [6.07, 6.45) is 0.980. The first kappa shape index (κ1) is 12.7. The first-order valence-electron chi connectivity index (χ1n) is 5.50. The summed E-state index contributed by atoms with van der Waals surface area (Å²) >= 11 is 11.7. The van der Waals surface area contributed by atoms with Gasteiger partial charge in [-0.2, -0.15) is 0 Å². The van der Waals surface area contributed by atoms with Gasteiger partial charge in [0, 0.05) is 18.7 Å². The number of likely N-dealkylation sites (tertiary alicyclic amines) is 1. The molecule has 1 aromatic carbocycles. The van der Waals surface area contributed by atoms with Gasteiger partial charge in [-0.3, -0.25) is 4.79 Å². The Kier molecular flexibility index (Phi) is 3.92. The molecule has 5 heteroatoms. The van der Waals surface area contributed by atoms with E-state index in [0.717, 1.165) is 0 Å². The van der Waals surface area contributed by atoms with E-state index in [9.17, 15) is 9.90 Å². The van der Waals surface area contributed by atoms with E-state index < -0.39 is 0 Å².